The zero-order valence-corrected chi connectivity index (χ0v) is 13.6. The van der Waals surface area contributed by atoms with Crippen LogP contribution >= 0.6 is 11.6 Å². The van der Waals surface area contributed by atoms with Crippen molar-refractivity contribution in [2.24, 2.45) is 5.73 Å². The largest absolute Gasteiger partial charge is 0.508 e. The predicted octanol–water partition coefficient (Wildman–Crippen LogP) is 2.30. The zero-order valence-electron chi connectivity index (χ0n) is 12.8. The maximum Gasteiger partial charge on any atom is 0.154 e. The molecule has 2 aromatic rings. The Morgan fingerprint density at radius 1 is 1.22 bits per heavy atom. The number of hydrogen-bond donors (Lipinski definition) is 4. The lowest BCUT2D eigenvalue weighted by Gasteiger charge is -2.35. The van der Waals surface area contributed by atoms with Crippen molar-refractivity contribution in [2.45, 2.75) is 31.0 Å². The zero-order chi connectivity index (χ0) is 16.4. The number of rotatable bonds is 4. The predicted molar refractivity (Wildman–Crippen MR) is 91.5 cm³/mol. The Balaban J connectivity index is 1.80. The van der Waals surface area contributed by atoms with Gasteiger partial charge in [-0.15, -0.1) is 0 Å². The van der Waals surface area contributed by atoms with Crippen LogP contribution in [0.1, 0.15) is 23.1 Å². The summed E-state index contributed by atoms with van der Waals surface area (Å²) in [4.78, 5) is 0. The van der Waals surface area contributed by atoms with Crippen molar-refractivity contribution in [1.29, 1.82) is 0 Å². The summed E-state index contributed by atoms with van der Waals surface area (Å²) < 4.78 is 0. The topological polar surface area (TPSA) is 78.5 Å². The summed E-state index contributed by atoms with van der Waals surface area (Å²) in [6.45, 7) is 0.0523. The van der Waals surface area contributed by atoms with Gasteiger partial charge in [0.15, 0.2) is 5.72 Å². The van der Waals surface area contributed by atoms with Gasteiger partial charge in [-0.25, -0.2) is 0 Å². The van der Waals surface area contributed by atoms with E-state index in [1.807, 2.05) is 12.1 Å². The third kappa shape index (κ3) is 3.51. The second-order valence-electron chi connectivity index (χ2n) is 6.11. The first-order chi connectivity index (χ1) is 11.0. The summed E-state index contributed by atoms with van der Waals surface area (Å²) in [5.41, 5.74) is 7.54. The van der Waals surface area contributed by atoms with Gasteiger partial charge in [-0.2, -0.15) is 0 Å². The third-order valence-corrected chi connectivity index (χ3v) is 4.69. The van der Waals surface area contributed by atoms with Crippen LogP contribution in [-0.2, 0) is 18.6 Å². The molecular formula is C18H21ClN2O2. The fraction of sp³-hybridized carbons (Fsp3) is 0.333. The molecule has 0 aromatic heterocycles. The highest BCUT2D eigenvalue weighted by atomic mass is 35.5. The molecule has 0 radical (unpaired) electrons. The molecule has 3 rings (SSSR count). The van der Waals surface area contributed by atoms with E-state index in [1.54, 1.807) is 30.3 Å². The van der Waals surface area contributed by atoms with Crippen molar-refractivity contribution < 1.29 is 10.2 Å². The van der Waals surface area contributed by atoms with E-state index in [0.29, 0.717) is 10.6 Å². The number of phenols is 1. The first kappa shape index (κ1) is 16.3. The maximum absolute atomic E-state index is 10.9. The van der Waals surface area contributed by atoms with E-state index in [-0.39, 0.29) is 18.3 Å². The van der Waals surface area contributed by atoms with E-state index in [1.165, 1.54) is 5.56 Å². The summed E-state index contributed by atoms with van der Waals surface area (Å²) in [6.07, 6.45) is 2.55. The second-order valence-corrected chi connectivity index (χ2v) is 6.55. The average molecular weight is 333 g/mol. The van der Waals surface area contributed by atoms with Crippen molar-refractivity contribution in [2.75, 3.05) is 6.54 Å². The number of halogens is 1. The van der Waals surface area contributed by atoms with Crippen LogP contribution in [0.4, 0.5) is 0 Å². The number of aliphatic hydroxyl groups is 1. The van der Waals surface area contributed by atoms with E-state index in [0.717, 1.165) is 24.8 Å². The van der Waals surface area contributed by atoms with Crippen LogP contribution in [0.3, 0.4) is 0 Å². The number of fused-ring (bicyclic) bond motifs is 1. The molecule has 0 bridgehead atoms. The molecule has 0 saturated carbocycles. The minimum absolute atomic E-state index is 0.0523. The van der Waals surface area contributed by atoms with Crippen LogP contribution in [0.2, 0.25) is 5.02 Å². The van der Waals surface area contributed by atoms with Crippen LogP contribution in [0, 0.1) is 0 Å². The van der Waals surface area contributed by atoms with Gasteiger partial charge in [0, 0.05) is 23.2 Å². The summed E-state index contributed by atoms with van der Waals surface area (Å²) in [5, 5.41) is 24.4. The summed E-state index contributed by atoms with van der Waals surface area (Å²) in [6, 6.07) is 12.7. The van der Waals surface area contributed by atoms with Crippen LogP contribution in [0.15, 0.2) is 42.5 Å². The minimum Gasteiger partial charge on any atom is -0.508 e. The number of benzene rings is 2. The summed E-state index contributed by atoms with van der Waals surface area (Å²) >= 11 is 6.03. The number of nitrogens with two attached hydrogens (primary N) is 1. The average Bonchev–Trinajstić information content (AvgIpc) is 2.54. The lowest BCUT2D eigenvalue weighted by molar-refractivity contribution is -0.00410. The van der Waals surface area contributed by atoms with Crippen molar-refractivity contribution in [1.82, 2.24) is 5.32 Å². The summed E-state index contributed by atoms with van der Waals surface area (Å²) in [5.74, 6) is 0.272. The van der Waals surface area contributed by atoms with Crippen molar-refractivity contribution >= 4 is 11.6 Å². The molecule has 2 atom stereocenters. The molecule has 1 aliphatic carbocycles. The Morgan fingerprint density at radius 3 is 2.78 bits per heavy atom. The van der Waals surface area contributed by atoms with Gasteiger partial charge in [0.25, 0.3) is 0 Å². The molecule has 0 spiro atoms. The fourth-order valence-corrected chi connectivity index (χ4v) is 3.40. The molecule has 1 unspecified atom stereocenters. The molecule has 23 heavy (non-hydrogen) atoms. The van der Waals surface area contributed by atoms with Crippen molar-refractivity contribution in [3.8, 4) is 5.75 Å². The standard InChI is InChI=1S/C18H21ClN2O2/c19-15-3-1-2-14(10-15)18(23,11-20)21-16-6-4-12-5-7-17(22)9-13(12)8-16/h1-3,5,7,9-10,16,21-23H,4,6,8,11,20H2/t16?,18-/m1/s1. The molecule has 122 valence electrons. The van der Waals surface area contributed by atoms with Crippen molar-refractivity contribution in [3.05, 3.63) is 64.2 Å². The summed E-state index contributed by atoms with van der Waals surface area (Å²) in [7, 11) is 0. The Morgan fingerprint density at radius 2 is 2.04 bits per heavy atom. The molecule has 4 nitrogen and oxygen atoms in total. The molecule has 0 saturated heterocycles. The van der Waals surface area contributed by atoms with E-state index >= 15 is 0 Å². The quantitative estimate of drug-likeness (QED) is 0.648. The van der Waals surface area contributed by atoms with Gasteiger partial charge in [0.05, 0.1) is 0 Å². The molecule has 0 heterocycles. The number of aryl methyl sites for hydroxylation is 1. The molecule has 0 aliphatic heterocycles. The van der Waals surface area contributed by atoms with Crippen LogP contribution < -0.4 is 11.1 Å². The smallest absolute Gasteiger partial charge is 0.154 e. The lowest BCUT2D eigenvalue weighted by Crippen LogP contribution is -2.54. The molecule has 5 N–H and O–H groups in total. The van der Waals surface area contributed by atoms with E-state index in [4.69, 9.17) is 17.3 Å². The maximum atomic E-state index is 10.9. The molecule has 2 aromatic carbocycles. The highest BCUT2D eigenvalue weighted by Gasteiger charge is 2.32. The molecular weight excluding hydrogens is 312 g/mol. The highest BCUT2D eigenvalue weighted by molar-refractivity contribution is 6.30. The minimum atomic E-state index is -1.32. The number of nitrogens with one attached hydrogen (secondary N) is 1. The molecule has 0 fully saturated rings. The third-order valence-electron chi connectivity index (χ3n) is 4.46. The van der Waals surface area contributed by atoms with Crippen LogP contribution in [-0.4, -0.2) is 22.8 Å². The number of aromatic hydroxyl groups is 1. The van der Waals surface area contributed by atoms with E-state index < -0.39 is 5.72 Å². The first-order valence-electron chi connectivity index (χ1n) is 7.77. The van der Waals surface area contributed by atoms with Gasteiger partial charge in [0.2, 0.25) is 0 Å². The van der Waals surface area contributed by atoms with E-state index in [2.05, 4.69) is 5.32 Å². The Kier molecular flexibility index (Phi) is 4.60. The number of phenolic OH excluding ortho intramolecular Hbond substituents is 1. The lowest BCUT2D eigenvalue weighted by atomic mass is 9.87. The highest BCUT2D eigenvalue weighted by Crippen LogP contribution is 2.28. The first-order valence-corrected chi connectivity index (χ1v) is 8.15. The fourth-order valence-electron chi connectivity index (χ4n) is 3.21. The molecule has 0 amide bonds. The van der Waals surface area contributed by atoms with Crippen LogP contribution in [0.25, 0.3) is 0 Å². The van der Waals surface area contributed by atoms with Crippen LogP contribution in [0.5, 0.6) is 5.75 Å². The van der Waals surface area contributed by atoms with Gasteiger partial charge < -0.3 is 15.9 Å². The number of hydrogen-bond acceptors (Lipinski definition) is 4. The normalized spacial score (nSPS) is 19.9. The Bertz CT molecular complexity index is 707. The van der Waals surface area contributed by atoms with E-state index in [9.17, 15) is 10.2 Å². The Hall–Kier alpha value is -1.59. The Labute approximate surface area is 140 Å². The van der Waals surface area contributed by atoms with Gasteiger partial charge in [-0.05, 0) is 54.7 Å². The second kappa shape index (κ2) is 6.49. The van der Waals surface area contributed by atoms with Gasteiger partial charge in [0.1, 0.15) is 5.75 Å². The van der Waals surface area contributed by atoms with Crippen molar-refractivity contribution in [3.63, 3.8) is 0 Å². The van der Waals surface area contributed by atoms with Gasteiger partial charge >= 0.3 is 0 Å². The van der Waals surface area contributed by atoms with Gasteiger partial charge in [-0.1, -0.05) is 29.8 Å². The molecule has 1 aliphatic rings. The monoisotopic (exact) mass is 332 g/mol. The van der Waals surface area contributed by atoms with Gasteiger partial charge in [-0.3, -0.25) is 5.32 Å². The SMILES string of the molecule is NC[C@](O)(NC1CCc2ccc(O)cc2C1)c1cccc(Cl)c1. The molecule has 5 heteroatoms.